The molecule has 4 rings (SSSR count). The lowest BCUT2D eigenvalue weighted by Gasteiger charge is -2.39. The first-order valence-electron chi connectivity index (χ1n) is 11.7. The molecule has 3 heterocycles. The topological polar surface area (TPSA) is 121 Å². The van der Waals surface area contributed by atoms with Crippen molar-refractivity contribution in [1.29, 1.82) is 0 Å². The Balaban J connectivity index is 1.18. The Labute approximate surface area is 198 Å². The van der Waals surface area contributed by atoms with Gasteiger partial charge in [-0.15, -0.1) is 0 Å². The summed E-state index contributed by atoms with van der Waals surface area (Å²) in [5.41, 5.74) is 3.07. The third-order valence-electron chi connectivity index (χ3n) is 6.24. The first-order chi connectivity index (χ1) is 16.5. The van der Waals surface area contributed by atoms with Crippen LogP contribution >= 0.6 is 0 Å². The molecule has 2 atom stereocenters. The van der Waals surface area contributed by atoms with E-state index >= 15 is 0 Å². The van der Waals surface area contributed by atoms with Gasteiger partial charge in [-0.1, -0.05) is 36.4 Å². The molecule has 2 aromatic rings. The van der Waals surface area contributed by atoms with Crippen LogP contribution in [0.5, 0.6) is 0 Å². The number of aliphatic carboxylic acids is 1. The maximum atomic E-state index is 12.5. The fourth-order valence-electron chi connectivity index (χ4n) is 4.31. The van der Waals surface area contributed by atoms with E-state index in [1.807, 2.05) is 18.2 Å². The number of anilines is 1. The van der Waals surface area contributed by atoms with Crippen molar-refractivity contribution < 1.29 is 24.2 Å². The number of aromatic nitrogens is 1. The molecule has 1 saturated heterocycles. The zero-order valence-corrected chi connectivity index (χ0v) is 19.0. The number of hydrogen-bond acceptors (Lipinski definition) is 6. The van der Waals surface area contributed by atoms with E-state index in [-0.39, 0.29) is 25.0 Å². The number of carboxylic acid groups (broad SMARTS) is 1. The van der Waals surface area contributed by atoms with Crippen molar-refractivity contribution in [3.05, 3.63) is 59.3 Å². The molecule has 1 fully saturated rings. The first-order valence-corrected chi connectivity index (χ1v) is 11.7. The number of likely N-dealkylation sites (tertiary alicyclic amines) is 1. The predicted molar refractivity (Wildman–Crippen MR) is 125 cm³/mol. The maximum absolute atomic E-state index is 12.5. The lowest BCUT2D eigenvalue weighted by Crippen LogP contribution is -2.58. The molecule has 2 aliphatic rings. The number of fused-ring (bicyclic) bond motifs is 1. The number of aryl methyl sites for hydroxylation is 2. The molecule has 9 nitrogen and oxygen atoms in total. The van der Waals surface area contributed by atoms with E-state index in [2.05, 4.69) is 27.8 Å². The Kier molecular flexibility index (Phi) is 7.61. The number of β-lactam (4-membered cyclic amide) rings is 1. The third kappa shape index (κ3) is 6.03. The van der Waals surface area contributed by atoms with Gasteiger partial charge in [0.25, 0.3) is 0 Å². The number of nitrogens with one attached hydrogen (secondary N) is 2. The standard InChI is InChI=1S/C25H30N4O5/c30-23-19(8-4-10-20-12-11-18-9-5-13-26-22(18)27-20)14-29(23)15-21(24(31)32)28-25(33)34-16-17-6-2-1-3-7-17/h1-3,6-7,11-12,19,21H,4-5,8-10,13-16H2,(H,26,27)(H,28,33)(H,31,32). The number of hydrogen-bond donors (Lipinski definition) is 3. The SMILES string of the molecule is O=C(NC(CN1CC(CCCc2ccc3c(n2)NCCC3)C1=O)C(=O)O)OCc1ccccc1. The van der Waals surface area contributed by atoms with Crippen molar-refractivity contribution >= 4 is 23.8 Å². The predicted octanol–water partition coefficient (Wildman–Crippen LogP) is 2.60. The molecule has 2 aliphatic heterocycles. The number of carboxylic acids is 1. The van der Waals surface area contributed by atoms with E-state index in [4.69, 9.17) is 4.74 Å². The second kappa shape index (κ2) is 11.0. The van der Waals surface area contributed by atoms with E-state index in [1.165, 1.54) is 10.5 Å². The largest absolute Gasteiger partial charge is 0.480 e. The summed E-state index contributed by atoms with van der Waals surface area (Å²) in [5, 5.41) is 15.1. The summed E-state index contributed by atoms with van der Waals surface area (Å²) in [6.45, 7) is 1.40. The van der Waals surface area contributed by atoms with Crippen LogP contribution in [0.4, 0.5) is 10.6 Å². The van der Waals surface area contributed by atoms with E-state index in [0.29, 0.717) is 6.54 Å². The van der Waals surface area contributed by atoms with E-state index < -0.39 is 18.1 Å². The zero-order valence-electron chi connectivity index (χ0n) is 19.0. The van der Waals surface area contributed by atoms with Crippen molar-refractivity contribution in [2.75, 3.05) is 25.0 Å². The van der Waals surface area contributed by atoms with Crippen molar-refractivity contribution in [3.8, 4) is 0 Å². The highest BCUT2D eigenvalue weighted by Crippen LogP contribution is 2.25. The van der Waals surface area contributed by atoms with Crippen LogP contribution in [0.25, 0.3) is 0 Å². The van der Waals surface area contributed by atoms with Crippen molar-refractivity contribution in [2.45, 2.75) is 44.8 Å². The summed E-state index contributed by atoms with van der Waals surface area (Å²) in [6.07, 6.45) is 3.72. The molecule has 0 radical (unpaired) electrons. The van der Waals surface area contributed by atoms with Crippen LogP contribution < -0.4 is 10.6 Å². The third-order valence-corrected chi connectivity index (χ3v) is 6.24. The van der Waals surface area contributed by atoms with Crippen LogP contribution in [0.15, 0.2) is 42.5 Å². The molecule has 3 N–H and O–H groups in total. The average Bonchev–Trinajstić information content (AvgIpc) is 2.85. The van der Waals surface area contributed by atoms with Crippen LogP contribution in [0.3, 0.4) is 0 Å². The van der Waals surface area contributed by atoms with Gasteiger partial charge in [-0.05, 0) is 49.3 Å². The average molecular weight is 467 g/mol. The van der Waals surface area contributed by atoms with Gasteiger partial charge in [0, 0.05) is 18.8 Å². The van der Waals surface area contributed by atoms with Crippen LogP contribution in [0.1, 0.15) is 36.1 Å². The molecule has 2 unspecified atom stereocenters. The minimum atomic E-state index is -1.22. The minimum Gasteiger partial charge on any atom is -0.480 e. The number of rotatable bonds is 10. The molecular weight excluding hydrogens is 436 g/mol. The fraction of sp³-hybridized carbons (Fsp3) is 0.440. The monoisotopic (exact) mass is 466 g/mol. The van der Waals surface area contributed by atoms with Crippen molar-refractivity contribution in [2.24, 2.45) is 5.92 Å². The molecule has 2 amide bonds. The van der Waals surface area contributed by atoms with Gasteiger partial charge in [-0.25, -0.2) is 14.6 Å². The number of amides is 2. The smallest absolute Gasteiger partial charge is 0.408 e. The second-order valence-corrected chi connectivity index (χ2v) is 8.77. The van der Waals surface area contributed by atoms with Crippen LogP contribution in [0, 0.1) is 5.92 Å². The molecule has 1 aromatic carbocycles. The Hall–Kier alpha value is -3.62. The van der Waals surface area contributed by atoms with E-state index in [0.717, 1.165) is 55.7 Å². The highest BCUT2D eigenvalue weighted by atomic mass is 16.5. The maximum Gasteiger partial charge on any atom is 0.408 e. The molecule has 0 saturated carbocycles. The first kappa shape index (κ1) is 23.5. The van der Waals surface area contributed by atoms with Crippen LogP contribution in [-0.2, 0) is 33.8 Å². The zero-order chi connectivity index (χ0) is 23.9. The number of pyridine rings is 1. The van der Waals surface area contributed by atoms with Crippen LogP contribution in [0.2, 0.25) is 0 Å². The molecule has 0 spiro atoms. The molecular formula is C25H30N4O5. The van der Waals surface area contributed by atoms with Gasteiger partial charge in [0.1, 0.15) is 18.5 Å². The molecule has 1 aromatic heterocycles. The number of carbonyl (C=O) groups is 3. The Bertz CT molecular complexity index is 1030. The highest BCUT2D eigenvalue weighted by Gasteiger charge is 2.38. The lowest BCUT2D eigenvalue weighted by atomic mass is 9.91. The lowest BCUT2D eigenvalue weighted by molar-refractivity contribution is -0.151. The Morgan fingerprint density at radius 2 is 2.06 bits per heavy atom. The van der Waals surface area contributed by atoms with Gasteiger partial charge in [-0.3, -0.25) is 4.79 Å². The van der Waals surface area contributed by atoms with E-state index in [9.17, 15) is 19.5 Å². The summed E-state index contributed by atoms with van der Waals surface area (Å²) in [6, 6.07) is 12.1. The van der Waals surface area contributed by atoms with E-state index in [1.54, 1.807) is 12.1 Å². The number of carbonyl (C=O) groups excluding carboxylic acids is 2. The second-order valence-electron chi connectivity index (χ2n) is 8.77. The Morgan fingerprint density at radius 1 is 1.24 bits per heavy atom. The summed E-state index contributed by atoms with van der Waals surface area (Å²) in [7, 11) is 0. The molecule has 180 valence electrons. The van der Waals surface area contributed by atoms with Gasteiger partial charge in [0.15, 0.2) is 0 Å². The minimum absolute atomic E-state index is 0.0405. The molecule has 0 aliphatic carbocycles. The number of benzene rings is 1. The van der Waals surface area contributed by atoms with Gasteiger partial charge < -0.3 is 25.4 Å². The highest BCUT2D eigenvalue weighted by molar-refractivity contribution is 5.86. The summed E-state index contributed by atoms with van der Waals surface area (Å²) in [5.74, 6) is -0.426. The van der Waals surface area contributed by atoms with Crippen molar-refractivity contribution in [1.82, 2.24) is 15.2 Å². The number of ether oxygens (including phenoxy) is 1. The van der Waals surface area contributed by atoms with Crippen molar-refractivity contribution in [3.63, 3.8) is 0 Å². The normalized spacial score (nSPS) is 17.7. The summed E-state index contributed by atoms with van der Waals surface area (Å²) in [4.78, 5) is 42.3. The van der Waals surface area contributed by atoms with Gasteiger partial charge in [-0.2, -0.15) is 0 Å². The number of nitrogens with zero attached hydrogens (tertiary/aromatic N) is 2. The van der Waals surface area contributed by atoms with Gasteiger partial charge >= 0.3 is 12.1 Å². The molecule has 9 heteroatoms. The number of alkyl carbamates (subject to hydrolysis) is 1. The summed E-state index contributed by atoms with van der Waals surface area (Å²) >= 11 is 0. The quantitative estimate of drug-likeness (QED) is 0.460. The van der Waals surface area contributed by atoms with Gasteiger partial charge in [0.05, 0.1) is 12.5 Å². The van der Waals surface area contributed by atoms with Gasteiger partial charge in [0.2, 0.25) is 5.91 Å². The Morgan fingerprint density at radius 3 is 2.82 bits per heavy atom. The van der Waals surface area contributed by atoms with Crippen LogP contribution in [-0.4, -0.2) is 58.6 Å². The molecule has 34 heavy (non-hydrogen) atoms. The fourth-order valence-corrected chi connectivity index (χ4v) is 4.31. The molecule has 0 bridgehead atoms. The summed E-state index contributed by atoms with van der Waals surface area (Å²) < 4.78 is 5.09.